The summed E-state index contributed by atoms with van der Waals surface area (Å²) >= 11 is 5.80. The summed E-state index contributed by atoms with van der Waals surface area (Å²) in [6, 6.07) is 8.32. The van der Waals surface area contributed by atoms with Crippen molar-refractivity contribution in [2.75, 3.05) is 43.6 Å². The van der Waals surface area contributed by atoms with Crippen molar-refractivity contribution in [3.05, 3.63) is 83.0 Å². The summed E-state index contributed by atoms with van der Waals surface area (Å²) in [4.78, 5) is 45.0. The number of nitrogens with zero attached hydrogens (tertiary/aromatic N) is 8. The summed E-state index contributed by atoms with van der Waals surface area (Å²) in [5, 5.41) is 8.56. The fraction of sp³-hybridized carbons (Fsp3) is 0.312. The molecule has 0 aliphatic carbocycles. The number of likely N-dealkylation sites (N-methyl/N-ethyl adjacent to an activating group) is 1. The number of hydrogen-bond acceptors (Lipinski definition) is 11. The lowest BCUT2D eigenvalue weighted by Crippen LogP contribution is -2.45. The fourth-order valence-corrected chi connectivity index (χ4v) is 5.27. The first-order valence-corrected chi connectivity index (χ1v) is 15.4. The van der Waals surface area contributed by atoms with Gasteiger partial charge in [-0.1, -0.05) is 17.7 Å². The first-order valence-electron chi connectivity index (χ1n) is 15.0. The molecule has 0 spiro atoms. The molecule has 1 saturated heterocycles. The van der Waals surface area contributed by atoms with E-state index >= 15 is 4.39 Å². The molecule has 6 rings (SSSR count). The molecule has 1 aliphatic heterocycles. The number of rotatable bonds is 7. The van der Waals surface area contributed by atoms with E-state index in [0.29, 0.717) is 28.2 Å². The van der Waals surface area contributed by atoms with E-state index in [-0.39, 0.29) is 23.4 Å². The molecule has 0 unspecified atom stereocenters. The van der Waals surface area contributed by atoms with Crippen LogP contribution < -0.4 is 10.4 Å². The molecule has 0 amide bonds. The van der Waals surface area contributed by atoms with Gasteiger partial charge in [-0.05, 0) is 58.2 Å². The van der Waals surface area contributed by atoms with Crippen LogP contribution in [0, 0.1) is 11.6 Å². The minimum absolute atomic E-state index is 0.0285. The molecule has 0 bridgehead atoms. The van der Waals surface area contributed by atoms with E-state index in [1.807, 2.05) is 0 Å². The Bertz CT molecular complexity index is 2000. The highest BCUT2D eigenvalue weighted by Crippen LogP contribution is 2.31. The van der Waals surface area contributed by atoms with Gasteiger partial charge in [0.25, 0.3) is 0 Å². The third-order valence-electron chi connectivity index (χ3n) is 7.50. The van der Waals surface area contributed by atoms with Gasteiger partial charge in [0.2, 0.25) is 5.95 Å². The molecule has 16 heteroatoms. The molecule has 0 saturated carbocycles. The fourth-order valence-electron chi connectivity index (χ4n) is 5.12. The molecule has 1 aliphatic rings. The summed E-state index contributed by atoms with van der Waals surface area (Å²) < 4.78 is 37.6. The van der Waals surface area contributed by atoms with Gasteiger partial charge >= 0.3 is 12.1 Å². The van der Waals surface area contributed by atoms with Gasteiger partial charge in [-0.3, -0.25) is 4.68 Å². The summed E-state index contributed by atoms with van der Waals surface area (Å²) in [6.07, 6.45) is 3.78. The van der Waals surface area contributed by atoms with Crippen LogP contribution in [0.2, 0.25) is 5.02 Å². The molecule has 48 heavy (non-hydrogen) atoms. The molecule has 0 radical (unpaired) electrons. The predicted molar refractivity (Wildman–Crippen MR) is 174 cm³/mol. The lowest BCUT2D eigenvalue weighted by Gasteiger charge is -2.32. The Balaban J connectivity index is 1.28. The van der Waals surface area contributed by atoms with Crippen LogP contribution in [0.4, 0.5) is 25.2 Å². The van der Waals surface area contributed by atoms with Gasteiger partial charge in [-0.15, -0.1) is 0 Å². The van der Waals surface area contributed by atoms with Crippen molar-refractivity contribution >= 4 is 46.2 Å². The number of halogens is 3. The second-order valence-corrected chi connectivity index (χ2v) is 12.6. The molecule has 13 nitrogen and oxygen atoms in total. The maximum atomic E-state index is 15.1. The topological polar surface area (TPSA) is 133 Å². The normalized spacial score (nSPS) is 13.9. The van der Waals surface area contributed by atoms with Crippen molar-refractivity contribution in [1.29, 1.82) is 0 Å². The van der Waals surface area contributed by atoms with Crippen LogP contribution in [0.5, 0.6) is 0 Å². The Hall–Kier alpha value is -5.15. The SMILES string of the molecule is CN1CCN(c2nccc(Cn3cc(-c4cc(F)c(Cl)cc4F)c(C(=O)ONc4cccc5c4cnn5C(=O)OC(C)(C)C)n3)n2)CC1. The number of nitrogens with one attached hydrogen (secondary N) is 1. The Labute approximate surface area is 279 Å². The highest BCUT2D eigenvalue weighted by atomic mass is 35.5. The first kappa shape index (κ1) is 32.8. The molecule has 1 N–H and O–H groups in total. The third-order valence-corrected chi connectivity index (χ3v) is 7.79. The van der Waals surface area contributed by atoms with Crippen molar-refractivity contribution in [2.24, 2.45) is 0 Å². The summed E-state index contributed by atoms with van der Waals surface area (Å²) in [5.74, 6) is -2.16. The molecule has 2 aromatic carbocycles. The maximum Gasteiger partial charge on any atom is 0.435 e. The predicted octanol–water partition coefficient (Wildman–Crippen LogP) is 5.39. The molecular weight excluding hydrogens is 648 g/mol. The summed E-state index contributed by atoms with van der Waals surface area (Å²) in [7, 11) is 2.05. The van der Waals surface area contributed by atoms with E-state index in [1.54, 1.807) is 51.2 Å². The van der Waals surface area contributed by atoms with Crippen LogP contribution >= 0.6 is 11.6 Å². The monoisotopic (exact) mass is 679 g/mol. The maximum absolute atomic E-state index is 15.1. The average molecular weight is 680 g/mol. The van der Waals surface area contributed by atoms with Crippen molar-refractivity contribution in [3.63, 3.8) is 0 Å². The lowest BCUT2D eigenvalue weighted by molar-refractivity contribution is 0.0521. The van der Waals surface area contributed by atoms with Crippen LogP contribution in [-0.4, -0.2) is 85.3 Å². The number of hydrogen-bond donors (Lipinski definition) is 1. The third kappa shape index (κ3) is 7.06. The van der Waals surface area contributed by atoms with E-state index < -0.39 is 34.3 Å². The molecular formula is C32H32ClF2N9O4. The van der Waals surface area contributed by atoms with Crippen molar-refractivity contribution < 1.29 is 27.9 Å². The van der Waals surface area contributed by atoms with Crippen molar-refractivity contribution in [1.82, 2.24) is 34.4 Å². The largest absolute Gasteiger partial charge is 0.442 e. The van der Waals surface area contributed by atoms with Crippen LogP contribution in [0.1, 0.15) is 37.0 Å². The van der Waals surface area contributed by atoms with Gasteiger partial charge in [0.05, 0.1) is 34.7 Å². The Morgan fingerprint density at radius 1 is 1.04 bits per heavy atom. The number of carbonyl (C=O) groups excluding carboxylic acids is 2. The van der Waals surface area contributed by atoms with Crippen LogP contribution in [0.3, 0.4) is 0 Å². The van der Waals surface area contributed by atoms with Gasteiger partial charge in [-0.2, -0.15) is 14.9 Å². The minimum Gasteiger partial charge on any atom is -0.442 e. The second kappa shape index (κ2) is 13.2. The number of benzene rings is 2. The first-order chi connectivity index (χ1) is 22.9. The van der Waals surface area contributed by atoms with Crippen molar-refractivity contribution in [2.45, 2.75) is 32.9 Å². The minimum atomic E-state index is -0.990. The molecule has 0 atom stereocenters. The smallest absolute Gasteiger partial charge is 0.435 e. The zero-order valence-electron chi connectivity index (χ0n) is 26.6. The second-order valence-electron chi connectivity index (χ2n) is 12.2. The number of piperazine rings is 1. The van der Waals surface area contributed by atoms with Gasteiger partial charge < -0.3 is 19.4 Å². The number of anilines is 2. The Morgan fingerprint density at radius 2 is 1.81 bits per heavy atom. The van der Waals surface area contributed by atoms with Crippen LogP contribution in [0.25, 0.3) is 22.0 Å². The summed E-state index contributed by atoms with van der Waals surface area (Å²) in [6.45, 7) is 8.60. The van der Waals surface area contributed by atoms with Gasteiger partial charge in [-0.25, -0.2) is 33.8 Å². The molecule has 3 aromatic heterocycles. The highest BCUT2D eigenvalue weighted by Gasteiger charge is 2.25. The van der Waals surface area contributed by atoms with Crippen LogP contribution in [0.15, 0.2) is 55.0 Å². The number of aromatic nitrogens is 6. The van der Waals surface area contributed by atoms with E-state index in [9.17, 15) is 14.0 Å². The molecule has 1 fully saturated rings. The molecule has 5 aromatic rings. The van der Waals surface area contributed by atoms with E-state index in [4.69, 9.17) is 21.2 Å². The van der Waals surface area contributed by atoms with E-state index in [0.717, 1.165) is 43.0 Å². The van der Waals surface area contributed by atoms with Gasteiger partial charge in [0.15, 0.2) is 5.69 Å². The van der Waals surface area contributed by atoms with Crippen LogP contribution in [-0.2, 0) is 16.1 Å². The highest BCUT2D eigenvalue weighted by molar-refractivity contribution is 6.30. The Kier molecular flexibility index (Phi) is 8.99. The lowest BCUT2D eigenvalue weighted by atomic mass is 10.1. The van der Waals surface area contributed by atoms with Gasteiger partial charge in [0.1, 0.15) is 17.2 Å². The van der Waals surface area contributed by atoms with E-state index in [1.165, 1.54) is 17.1 Å². The Morgan fingerprint density at radius 3 is 2.56 bits per heavy atom. The molecule has 4 heterocycles. The van der Waals surface area contributed by atoms with Gasteiger partial charge in [0, 0.05) is 55.1 Å². The number of ether oxygens (including phenoxy) is 1. The summed E-state index contributed by atoms with van der Waals surface area (Å²) in [5.41, 5.74) is 2.56. The van der Waals surface area contributed by atoms with Crippen molar-refractivity contribution in [3.8, 4) is 11.1 Å². The quantitative estimate of drug-likeness (QED) is 0.175. The number of carbonyl (C=O) groups is 2. The molecule has 250 valence electrons. The zero-order chi connectivity index (χ0) is 34.2. The average Bonchev–Trinajstić information content (AvgIpc) is 3.66. The number of fused-ring (bicyclic) bond motifs is 1. The van der Waals surface area contributed by atoms with E-state index in [2.05, 4.69) is 42.5 Å². The zero-order valence-corrected chi connectivity index (χ0v) is 27.3. The standard InChI is InChI=1S/C32H32ClF2N9O4/c1-32(2,3)47-31(46)44-27-7-5-6-26(21(27)16-37-44)40-48-29(45)28-22(20-14-25(35)23(33)15-24(20)34)18-43(39-28)17-19-8-9-36-30(38-19)42-12-10-41(4)11-13-42/h5-9,14-16,18,40H,10-13,17H2,1-4H3.